The predicted octanol–water partition coefficient (Wildman–Crippen LogP) is 3.91. The van der Waals surface area contributed by atoms with Crippen LogP contribution < -0.4 is 20.1 Å². The lowest BCUT2D eigenvalue weighted by atomic mass is 10.0. The van der Waals surface area contributed by atoms with Gasteiger partial charge in [0.2, 0.25) is 10.0 Å². The van der Waals surface area contributed by atoms with Gasteiger partial charge in [-0.2, -0.15) is 8.78 Å². The fraction of sp³-hybridized carbons (Fsp3) is 0.467. The minimum absolute atomic E-state index is 0.0638. The van der Waals surface area contributed by atoms with Gasteiger partial charge < -0.3 is 25.2 Å². The number of piperidine rings is 1. The van der Waals surface area contributed by atoms with Crippen molar-refractivity contribution in [1.82, 2.24) is 28.9 Å². The molecule has 7 rings (SSSR count). The van der Waals surface area contributed by atoms with E-state index in [9.17, 15) is 26.8 Å². The van der Waals surface area contributed by atoms with Gasteiger partial charge in [0, 0.05) is 44.1 Å². The van der Waals surface area contributed by atoms with Gasteiger partial charge in [-0.3, -0.25) is 9.20 Å². The molecule has 2 saturated heterocycles. The Labute approximate surface area is 279 Å². The predicted molar refractivity (Wildman–Crippen MR) is 175 cm³/mol. The number of sulfonamides is 1. The highest BCUT2D eigenvalue weighted by Crippen LogP contribution is 2.33. The van der Waals surface area contributed by atoms with Gasteiger partial charge in [0.1, 0.15) is 16.9 Å². The van der Waals surface area contributed by atoms with Crippen LogP contribution in [0.15, 0.2) is 41.2 Å². The first-order valence-electron chi connectivity index (χ1n) is 15.3. The third kappa shape index (κ3) is 7.28. The van der Waals surface area contributed by atoms with Crippen LogP contribution in [0.4, 0.5) is 29.5 Å². The van der Waals surface area contributed by atoms with E-state index < -0.39 is 39.8 Å². The second kappa shape index (κ2) is 13.7. The Morgan fingerprint density at radius 2 is 1.90 bits per heavy atom. The Morgan fingerprint density at radius 1 is 1.12 bits per heavy atom. The molecule has 258 valence electrons. The van der Waals surface area contributed by atoms with Gasteiger partial charge in [0.15, 0.2) is 11.5 Å². The summed E-state index contributed by atoms with van der Waals surface area (Å²) in [7, 11) is -2.62. The number of fused-ring (bicyclic) bond motifs is 7. The summed E-state index contributed by atoms with van der Waals surface area (Å²) in [6.45, 7) is 2.45. The van der Waals surface area contributed by atoms with Crippen molar-refractivity contribution in [2.45, 2.75) is 42.8 Å². The number of hydrogen-bond acceptors (Lipinski definition) is 10. The zero-order valence-electron chi connectivity index (χ0n) is 26.2. The SMILES string of the molecule is COc1ccc2cc1NC/C(C)=C\c1nc3c(nccn3c1SC(F)F)N[C@@H]1CCN(C[C@@H]1F)C(=O)N1CCC(C1)CS(=O)(=O)NC2=O. The maximum atomic E-state index is 15.6. The molecule has 4 aliphatic heterocycles. The van der Waals surface area contributed by atoms with E-state index in [0.717, 1.165) is 0 Å². The molecule has 48 heavy (non-hydrogen) atoms. The number of thioether (sulfide) groups is 1. The molecule has 3 N–H and O–H groups in total. The summed E-state index contributed by atoms with van der Waals surface area (Å²) in [6, 6.07) is 3.31. The van der Waals surface area contributed by atoms with Crippen LogP contribution in [0, 0.1) is 5.92 Å². The summed E-state index contributed by atoms with van der Waals surface area (Å²) in [5, 5.41) is 6.41. The molecule has 13 nitrogen and oxygen atoms in total. The van der Waals surface area contributed by atoms with Gasteiger partial charge in [-0.15, -0.1) is 0 Å². The highest BCUT2D eigenvalue weighted by molar-refractivity contribution is 7.99. The minimum Gasteiger partial charge on any atom is -0.495 e. The second-order valence-corrected chi connectivity index (χ2v) is 14.8. The highest BCUT2D eigenvalue weighted by Gasteiger charge is 2.37. The lowest BCUT2D eigenvalue weighted by molar-refractivity contribution is 0.0981. The number of urea groups is 1. The van der Waals surface area contributed by atoms with Crippen LogP contribution in [-0.2, 0) is 10.0 Å². The number of nitrogens with zero attached hydrogens (tertiary/aromatic N) is 5. The Bertz CT molecular complexity index is 1860. The molecule has 0 saturated carbocycles. The zero-order valence-corrected chi connectivity index (χ0v) is 27.8. The molecular weight excluding hydrogens is 674 g/mol. The van der Waals surface area contributed by atoms with Crippen molar-refractivity contribution in [2.75, 3.05) is 56.2 Å². The molecule has 0 spiro atoms. The number of benzene rings is 1. The van der Waals surface area contributed by atoms with Gasteiger partial charge in [0.25, 0.3) is 11.7 Å². The lowest BCUT2D eigenvalue weighted by Crippen LogP contribution is -2.53. The normalized spacial score (nSPS) is 24.5. The largest absolute Gasteiger partial charge is 0.495 e. The fourth-order valence-electron chi connectivity index (χ4n) is 6.19. The molecule has 3 atom stereocenters. The van der Waals surface area contributed by atoms with E-state index in [2.05, 4.69) is 25.3 Å². The van der Waals surface area contributed by atoms with Gasteiger partial charge in [-0.25, -0.2) is 32.3 Å². The second-order valence-electron chi connectivity index (χ2n) is 12.0. The third-order valence-electron chi connectivity index (χ3n) is 8.52. The molecule has 0 radical (unpaired) electrons. The number of nitrogens with one attached hydrogen (secondary N) is 3. The molecule has 6 heterocycles. The van der Waals surface area contributed by atoms with Crippen molar-refractivity contribution in [3.05, 3.63) is 47.4 Å². The van der Waals surface area contributed by atoms with E-state index in [0.29, 0.717) is 41.7 Å². The molecule has 0 aliphatic carbocycles. The van der Waals surface area contributed by atoms with Gasteiger partial charge in [-0.1, -0.05) is 5.57 Å². The first-order chi connectivity index (χ1) is 22.9. The van der Waals surface area contributed by atoms with Crippen molar-refractivity contribution >= 4 is 57.0 Å². The zero-order chi connectivity index (χ0) is 34.2. The monoisotopic (exact) mass is 708 g/mol. The van der Waals surface area contributed by atoms with Crippen LogP contribution in [0.5, 0.6) is 5.75 Å². The van der Waals surface area contributed by atoms with Crippen LogP contribution in [0.25, 0.3) is 11.7 Å². The van der Waals surface area contributed by atoms with Crippen LogP contribution in [0.3, 0.4) is 0 Å². The van der Waals surface area contributed by atoms with Crippen molar-refractivity contribution in [3.8, 4) is 5.75 Å². The summed E-state index contributed by atoms with van der Waals surface area (Å²) < 4.78 is 78.0. The maximum absolute atomic E-state index is 15.6. The molecule has 2 fully saturated rings. The van der Waals surface area contributed by atoms with Gasteiger partial charge in [-0.05, 0) is 61.7 Å². The average Bonchev–Trinajstić information content (AvgIpc) is 3.64. The number of anilines is 2. The minimum atomic E-state index is -4.06. The van der Waals surface area contributed by atoms with Crippen LogP contribution >= 0.6 is 11.8 Å². The number of hydrogen-bond donors (Lipinski definition) is 3. The molecule has 2 aromatic heterocycles. The van der Waals surface area contributed by atoms with Gasteiger partial charge in [0.05, 0.1) is 36.8 Å². The number of halogens is 3. The summed E-state index contributed by atoms with van der Waals surface area (Å²) in [5.74, 6) is -3.74. The molecular formula is C30H35F3N8O5S2. The summed E-state index contributed by atoms with van der Waals surface area (Å²) in [6.07, 6.45) is 3.74. The molecule has 3 amide bonds. The summed E-state index contributed by atoms with van der Waals surface area (Å²) in [5.41, 5.74) is 1.63. The third-order valence-corrected chi connectivity index (χ3v) is 10.7. The van der Waals surface area contributed by atoms with Crippen molar-refractivity contribution in [1.29, 1.82) is 0 Å². The number of imidazole rings is 1. The number of alkyl halides is 3. The van der Waals surface area contributed by atoms with E-state index in [-0.39, 0.29) is 72.1 Å². The standard InChI is InChI=1S/C30H35F3N8O5S2/c1-17-11-23-28(47-29(32)33)41-10-7-34-25(26(41)37-23)36-21-6-9-40(15-20(21)31)30(43)39-8-5-18(14-39)16-48(44,45)38-27(42)19-3-4-24(46-2)22(12-19)35-13-17/h3-4,7,10-12,18,20-21,29,35H,5-6,8-9,13-16H2,1-2H3,(H,34,36)(H,38,42)/b17-11-/t18?,20-,21+/m0/s1. The summed E-state index contributed by atoms with van der Waals surface area (Å²) in [4.78, 5) is 38.2. The topological polar surface area (TPSA) is 150 Å². The van der Waals surface area contributed by atoms with E-state index in [1.165, 1.54) is 51.9 Å². The molecule has 4 aliphatic rings. The molecule has 1 unspecified atom stereocenters. The van der Waals surface area contributed by atoms with Gasteiger partial charge >= 0.3 is 6.03 Å². The van der Waals surface area contributed by atoms with E-state index >= 15 is 4.39 Å². The maximum Gasteiger partial charge on any atom is 0.320 e. The van der Waals surface area contributed by atoms with Crippen molar-refractivity contribution in [3.63, 3.8) is 0 Å². The number of rotatable bonds is 3. The Kier molecular flexibility index (Phi) is 9.64. The number of carbonyl (C=O) groups is 2. The summed E-state index contributed by atoms with van der Waals surface area (Å²) >= 11 is 0.318. The Morgan fingerprint density at radius 3 is 2.65 bits per heavy atom. The molecule has 1 aromatic carbocycles. The van der Waals surface area contributed by atoms with Crippen LogP contribution in [-0.4, -0.2) is 108 Å². The molecule has 18 heteroatoms. The highest BCUT2D eigenvalue weighted by atomic mass is 32.2. The van der Waals surface area contributed by atoms with Crippen LogP contribution in [0.1, 0.15) is 35.8 Å². The smallest absolute Gasteiger partial charge is 0.320 e. The molecule has 8 bridgehead atoms. The Balaban J connectivity index is 1.37. The van der Waals surface area contributed by atoms with E-state index in [1.54, 1.807) is 13.0 Å². The first kappa shape index (κ1) is 33.7. The Hall–Kier alpha value is -4.19. The van der Waals surface area contributed by atoms with E-state index in [1.807, 2.05) is 0 Å². The number of aromatic nitrogens is 3. The molecule has 3 aromatic rings. The fourth-order valence-corrected chi connectivity index (χ4v) is 8.22. The lowest BCUT2D eigenvalue weighted by Gasteiger charge is -2.37. The van der Waals surface area contributed by atoms with Crippen LogP contribution in [0.2, 0.25) is 0 Å². The number of methoxy groups -OCH3 is 1. The number of carbonyl (C=O) groups excluding carboxylic acids is 2. The first-order valence-corrected chi connectivity index (χ1v) is 17.8. The average molecular weight is 709 g/mol. The quantitative estimate of drug-likeness (QED) is 0.342. The van der Waals surface area contributed by atoms with E-state index in [4.69, 9.17) is 4.74 Å². The van der Waals surface area contributed by atoms with Crippen molar-refractivity contribution in [2.24, 2.45) is 5.92 Å². The number of amides is 3. The number of ether oxygens (including phenoxy) is 1. The van der Waals surface area contributed by atoms with Crippen molar-refractivity contribution < 1.29 is 35.9 Å².